The quantitative estimate of drug-likeness (QED) is 0.866. The predicted octanol–water partition coefficient (Wildman–Crippen LogP) is 1.92. The van der Waals surface area contributed by atoms with Crippen molar-refractivity contribution >= 4 is 5.91 Å². The fraction of sp³-hybridized carbons (Fsp3) is 0.533. The number of rotatable bonds is 5. The van der Waals surface area contributed by atoms with Gasteiger partial charge >= 0.3 is 0 Å². The highest BCUT2D eigenvalue weighted by molar-refractivity contribution is 5.82. The number of nitrogens with two attached hydrogens (primary N) is 1. The number of hydrogen-bond acceptors (Lipinski definition) is 2. The summed E-state index contributed by atoms with van der Waals surface area (Å²) in [6, 6.07) is 3.40. The first kappa shape index (κ1) is 13.5. The molecule has 0 heterocycles. The van der Waals surface area contributed by atoms with Gasteiger partial charge < -0.3 is 11.1 Å². The third kappa shape index (κ3) is 2.82. The maximum Gasteiger partial charge on any atom is 0.223 e. The van der Waals surface area contributed by atoms with Crippen molar-refractivity contribution in [3.63, 3.8) is 0 Å². The van der Waals surface area contributed by atoms with Crippen molar-refractivity contribution in [2.24, 2.45) is 17.6 Å². The zero-order valence-electron chi connectivity index (χ0n) is 11.1. The minimum atomic E-state index is -0.469. The van der Waals surface area contributed by atoms with Crippen LogP contribution >= 0.6 is 0 Å². The van der Waals surface area contributed by atoms with Gasteiger partial charge in [0, 0.05) is 18.5 Å². The monoisotopic (exact) mass is 280 g/mol. The highest BCUT2D eigenvalue weighted by Crippen LogP contribution is 2.48. The Labute approximate surface area is 116 Å². The summed E-state index contributed by atoms with van der Waals surface area (Å²) in [5, 5.41) is 2.82. The summed E-state index contributed by atoms with van der Waals surface area (Å²) in [5.74, 6) is -0.939. The Morgan fingerprint density at radius 3 is 2.85 bits per heavy atom. The number of halogens is 2. The summed E-state index contributed by atoms with van der Waals surface area (Å²) in [4.78, 5) is 11.9. The Kier molecular flexibility index (Phi) is 3.46. The van der Waals surface area contributed by atoms with Gasteiger partial charge in [-0.15, -0.1) is 0 Å². The molecule has 3 unspecified atom stereocenters. The fourth-order valence-corrected chi connectivity index (χ4v) is 2.67. The molecule has 2 saturated carbocycles. The van der Waals surface area contributed by atoms with E-state index in [-0.39, 0.29) is 23.8 Å². The summed E-state index contributed by atoms with van der Waals surface area (Å²) < 4.78 is 26.7. The Morgan fingerprint density at radius 2 is 2.15 bits per heavy atom. The first-order valence-electron chi connectivity index (χ1n) is 7.04. The van der Waals surface area contributed by atoms with Crippen LogP contribution in [0, 0.1) is 23.5 Å². The molecule has 2 fully saturated rings. The maximum absolute atomic E-state index is 13.6. The molecular formula is C15H18F2N2O. The number of hydrogen-bond donors (Lipinski definition) is 2. The van der Waals surface area contributed by atoms with E-state index in [4.69, 9.17) is 5.73 Å². The summed E-state index contributed by atoms with van der Waals surface area (Å²) in [5.41, 5.74) is 6.22. The molecule has 0 saturated heterocycles. The summed E-state index contributed by atoms with van der Waals surface area (Å²) in [6.45, 7) is 0.471. The molecule has 5 heteroatoms. The van der Waals surface area contributed by atoms with Gasteiger partial charge in [0.05, 0.1) is 0 Å². The van der Waals surface area contributed by atoms with Gasteiger partial charge in [0.2, 0.25) is 5.91 Å². The van der Waals surface area contributed by atoms with Crippen molar-refractivity contribution in [1.82, 2.24) is 5.32 Å². The van der Waals surface area contributed by atoms with Gasteiger partial charge in [-0.2, -0.15) is 0 Å². The van der Waals surface area contributed by atoms with Crippen LogP contribution in [0.5, 0.6) is 0 Å². The van der Waals surface area contributed by atoms with Crippen molar-refractivity contribution in [2.45, 2.75) is 31.2 Å². The second-order valence-electron chi connectivity index (χ2n) is 5.86. The van der Waals surface area contributed by atoms with Crippen molar-refractivity contribution in [2.75, 3.05) is 6.54 Å². The maximum atomic E-state index is 13.6. The van der Waals surface area contributed by atoms with E-state index in [1.165, 1.54) is 6.07 Å². The van der Waals surface area contributed by atoms with E-state index in [2.05, 4.69) is 5.32 Å². The van der Waals surface area contributed by atoms with Crippen molar-refractivity contribution in [3.05, 3.63) is 35.4 Å². The van der Waals surface area contributed by atoms with Crippen LogP contribution in [0.2, 0.25) is 0 Å². The molecule has 3 rings (SSSR count). The van der Waals surface area contributed by atoms with Gasteiger partial charge in [-0.25, -0.2) is 8.78 Å². The predicted molar refractivity (Wildman–Crippen MR) is 70.9 cm³/mol. The highest BCUT2D eigenvalue weighted by atomic mass is 19.1. The third-order valence-electron chi connectivity index (χ3n) is 4.22. The number of carbonyl (C=O) groups is 1. The van der Waals surface area contributed by atoms with Gasteiger partial charge in [-0.05, 0) is 54.9 Å². The first-order valence-corrected chi connectivity index (χ1v) is 7.04. The Bertz CT molecular complexity index is 531. The Balaban J connectivity index is 1.55. The lowest BCUT2D eigenvalue weighted by atomic mass is 10.1. The van der Waals surface area contributed by atoms with E-state index in [0.717, 1.165) is 25.0 Å². The molecule has 3 nitrogen and oxygen atoms in total. The molecule has 0 spiro atoms. The number of amides is 1. The molecule has 0 bridgehead atoms. The fourth-order valence-electron chi connectivity index (χ4n) is 2.67. The van der Waals surface area contributed by atoms with Crippen LogP contribution in [-0.4, -0.2) is 18.5 Å². The first-order chi connectivity index (χ1) is 9.56. The zero-order valence-corrected chi connectivity index (χ0v) is 11.1. The van der Waals surface area contributed by atoms with Crippen LogP contribution in [0.15, 0.2) is 18.2 Å². The molecule has 2 aliphatic rings. The standard InChI is InChI=1S/C15H18F2N2O/c16-9-3-4-13(17)11(5-9)10-6-12(10)15(20)19-7-14(18)8-1-2-8/h3-5,8,10,12,14H,1-2,6-7,18H2,(H,19,20). The SMILES string of the molecule is NC(CNC(=O)C1CC1c1cc(F)ccc1F)C1CC1. The van der Waals surface area contributed by atoms with Gasteiger partial charge in [-0.1, -0.05) is 0 Å². The molecule has 108 valence electrons. The second-order valence-corrected chi connectivity index (χ2v) is 5.86. The topological polar surface area (TPSA) is 55.1 Å². The van der Waals surface area contributed by atoms with E-state index < -0.39 is 11.6 Å². The van der Waals surface area contributed by atoms with E-state index in [1.54, 1.807) is 0 Å². The molecule has 1 amide bonds. The van der Waals surface area contributed by atoms with Crippen molar-refractivity contribution in [3.8, 4) is 0 Å². The Morgan fingerprint density at radius 1 is 1.40 bits per heavy atom. The summed E-state index contributed by atoms with van der Waals surface area (Å²) >= 11 is 0. The minimum Gasteiger partial charge on any atom is -0.354 e. The third-order valence-corrected chi connectivity index (χ3v) is 4.22. The van der Waals surface area contributed by atoms with Gasteiger partial charge in [0.1, 0.15) is 11.6 Å². The molecule has 0 radical (unpaired) electrons. The van der Waals surface area contributed by atoms with Crippen LogP contribution in [0.1, 0.15) is 30.7 Å². The lowest BCUT2D eigenvalue weighted by Gasteiger charge is -2.11. The molecule has 3 atom stereocenters. The lowest BCUT2D eigenvalue weighted by molar-refractivity contribution is -0.122. The van der Waals surface area contributed by atoms with Crippen LogP contribution in [0.3, 0.4) is 0 Å². The largest absolute Gasteiger partial charge is 0.354 e. The number of nitrogens with one attached hydrogen (secondary N) is 1. The molecular weight excluding hydrogens is 262 g/mol. The van der Waals surface area contributed by atoms with Gasteiger partial charge in [-0.3, -0.25) is 4.79 Å². The normalized spacial score (nSPS) is 26.1. The van der Waals surface area contributed by atoms with E-state index in [9.17, 15) is 13.6 Å². The average molecular weight is 280 g/mol. The van der Waals surface area contributed by atoms with Crippen LogP contribution < -0.4 is 11.1 Å². The van der Waals surface area contributed by atoms with E-state index >= 15 is 0 Å². The number of benzene rings is 1. The zero-order chi connectivity index (χ0) is 14.3. The van der Waals surface area contributed by atoms with Crippen LogP contribution in [-0.2, 0) is 4.79 Å². The molecule has 2 aliphatic carbocycles. The van der Waals surface area contributed by atoms with E-state index in [0.29, 0.717) is 24.4 Å². The van der Waals surface area contributed by atoms with Gasteiger partial charge in [0.15, 0.2) is 0 Å². The molecule has 3 N–H and O–H groups in total. The van der Waals surface area contributed by atoms with E-state index in [1.807, 2.05) is 0 Å². The van der Waals surface area contributed by atoms with Gasteiger partial charge in [0.25, 0.3) is 0 Å². The van der Waals surface area contributed by atoms with Crippen LogP contribution in [0.4, 0.5) is 8.78 Å². The lowest BCUT2D eigenvalue weighted by Crippen LogP contribution is -2.39. The molecule has 1 aromatic rings. The Hall–Kier alpha value is -1.49. The molecule has 0 aliphatic heterocycles. The number of carbonyl (C=O) groups excluding carboxylic acids is 1. The van der Waals surface area contributed by atoms with Crippen molar-refractivity contribution < 1.29 is 13.6 Å². The molecule has 1 aromatic carbocycles. The van der Waals surface area contributed by atoms with Crippen molar-refractivity contribution in [1.29, 1.82) is 0 Å². The molecule has 20 heavy (non-hydrogen) atoms. The highest BCUT2D eigenvalue weighted by Gasteiger charge is 2.45. The average Bonchev–Trinajstić information content (AvgIpc) is 3.28. The summed E-state index contributed by atoms with van der Waals surface area (Å²) in [7, 11) is 0. The molecule has 0 aromatic heterocycles. The summed E-state index contributed by atoms with van der Waals surface area (Å²) in [6.07, 6.45) is 2.85. The van der Waals surface area contributed by atoms with Crippen LogP contribution in [0.25, 0.3) is 0 Å². The minimum absolute atomic E-state index is 0.0158. The second kappa shape index (κ2) is 5.13. The smallest absolute Gasteiger partial charge is 0.223 e.